The Kier molecular flexibility index (Phi) is 14.7. The zero-order valence-corrected chi connectivity index (χ0v) is 68.4. The maximum Gasteiger partial charge on any atom is 0.252 e. The Morgan fingerprint density at radius 3 is 0.780 bits per heavy atom. The highest BCUT2D eigenvalue weighted by atomic mass is 16.5. The van der Waals surface area contributed by atoms with Gasteiger partial charge in [0.1, 0.15) is 0 Å². The van der Waals surface area contributed by atoms with Crippen LogP contribution in [0.5, 0.6) is 11.5 Å². The number of ether oxygens (including phenoxy) is 1. The van der Waals surface area contributed by atoms with Crippen molar-refractivity contribution in [3.05, 3.63) is 461 Å². The van der Waals surface area contributed by atoms with Crippen LogP contribution in [0.15, 0.2) is 461 Å². The highest BCUT2D eigenvalue weighted by Crippen LogP contribution is 2.60. The fraction of sp³-hybridized carbons (Fsp3) is 0. The predicted molar refractivity (Wildman–Crippen MR) is 533 cm³/mol. The van der Waals surface area contributed by atoms with E-state index in [0.29, 0.717) is 34.2 Å². The average molecular weight is 1630 g/mol. The Bertz CT molecular complexity index is 7880. The van der Waals surface area contributed by atoms with E-state index in [1.165, 1.54) is 0 Å². The topological polar surface area (TPSA) is 38.4 Å². The first-order valence-electron chi connectivity index (χ1n) is 47.0. The Morgan fingerprint density at radius 2 is 0.449 bits per heavy atom. The molecule has 26 rings (SSSR count). The Morgan fingerprint density at radius 1 is 0.181 bits per heavy atom. The number of para-hydroxylation sites is 12. The van der Waals surface area contributed by atoms with Gasteiger partial charge in [-0.1, -0.05) is 230 Å². The SMILES string of the molecule is [2H]c1cc([2H])cc(N2c3ccc(N(c4ccccc4)c4ccccc4)cc3B3c4cc5c(cc4N(c4cc([2H])cc([2H])c4)c4cccc2c43)N(c2cc([2H])cc([2H])c2)c2cc3c4c6c2B5c2cc(N(c5ccccc5)c5ccccc5)cc5c2N6c2c(cc(N(c6ccccc6)c6ccccc6)cc2B4c2cc(N(c4ccccc4)c4ccccc4)ccc2N3c2cc([2H])cc([2H])c2)O5)c1. The molecule has 0 bridgehead atoms. The molecule has 0 aromatic heterocycles. The molecule has 592 valence electrons. The summed E-state index contributed by atoms with van der Waals surface area (Å²) in [7, 11) is 0. The van der Waals surface area contributed by atoms with Gasteiger partial charge in [-0.3, -0.25) is 0 Å². The summed E-state index contributed by atoms with van der Waals surface area (Å²) in [5, 5.41) is 0. The highest BCUT2D eigenvalue weighted by molar-refractivity contribution is 7.06. The number of hydrogen-bond donors (Lipinski definition) is 0. The van der Waals surface area contributed by atoms with Gasteiger partial charge >= 0.3 is 0 Å². The van der Waals surface area contributed by atoms with Crippen molar-refractivity contribution in [2.24, 2.45) is 0 Å². The van der Waals surface area contributed by atoms with E-state index in [4.69, 9.17) is 4.74 Å². The second-order valence-electron chi connectivity index (χ2n) is 32.9. The zero-order valence-electron chi connectivity index (χ0n) is 76.4. The van der Waals surface area contributed by atoms with E-state index in [1.54, 1.807) is 24.3 Å². The van der Waals surface area contributed by atoms with Crippen LogP contribution in [0.3, 0.4) is 0 Å². The van der Waals surface area contributed by atoms with E-state index >= 15 is 0 Å². The van der Waals surface area contributed by atoms with Crippen LogP contribution in [0.1, 0.15) is 11.0 Å². The van der Waals surface area contributed by atoms with Crippen molar-refractivity contribution in [2.75, 3.05) is 44.1 Å². The quantitative estimate of drug-likeness (QED) is 0.0874. The van der Waals surface area contributed by atoms with Crippen molar-refractivity contribution in [1.29, 1.82) is 0 Å². The second-order valence-corrected chi connectivity index (χ2v) is 32.9. The number of fused-ring (bicyclic) bond motifs is 10. The van der Waals surface area contributed by atoms with E-state index in [2.05, 4.69) is 335 Å². The summed E-state index contributed by atoms with van der Waals surface area (Å²) < 4.78 is 85.6. The van der Waals surface area contributed by atoms with Gasteiger partial charge in [-0.2, -0.15) is 0 Å². The molecule has 0 spiro atoms. The van der Waals surface area contributed by atoms with Crippen molar-refractivity contribution in [3.8, 4) is 11.5 Å². The van der Waals surface area contributed by atoms with Gasteiger partial charge in [0.25, 0.3) is 20.1 Å². The first-order valence-corrected chi connectivity index (χ1v) is 43.0. The van der Waals surface area contributed by atoms with Crippen LogP contribution in [0.25, 0.3) is 0 Å². The van der Waals surface area contributed by atoms with E-state index in [-0.39, 0.29) is 48.3 Å². The predicted octanol–water partition coefficient (Wildman–Crippen LogP) is 24.4. The van der Waals surface area contributed by atoms with E-state index < -0.39 is 20.1 Å². The summed E-state index contributed by atoms with van der Waals surface area (Å²) in [6, 6.07) is 142. The van der Waals surface area contributed by atoms with Crippen molar-refractivity contribution >= 4 is 223 Å². The molecule has 0 N–H and O–H groups in total. The Hall–Kier alpha value is -16.6. The fourth-order valence-corrected chi connectivity index (χ4v) is 21.2. The van der Waals surface area contributed by atoms with Crippen molar-refractivity contribution in [1.82, 2.24) is 0 Å². The first kappa shape index (κ1) is 64.2. The lowest BCUT2D eigenvalue weighted by Gasteiger charge is -2.53. The molecule has 0 fully saturated rings. The highest BCUT2D eigenvalue weighted by Gasteiger charge is 2.56. The third-order valence-corrected chi connectivity index (χ3v) is 26.0. The van der Waals surface area contributed by atoms with Crippen LogP contribution >= 0.6 is 0 Å². The molecule has 7 heterocycles. The lowest BCUT2D eigenvalue weighted by Crippen LogP contribution is -2.69. The molecule has 0 unspecified atom stereocenters. The van der Waals surface area contributed by atoms with Crippen molar-refractivity contribution in [3.63, 3.8) is 0 Å². The molecule has 0 saturated carbocycles. The summed E-state index contributed by atoms with van der Waals surface area (Å²) >= 11 is 0. The standard InChI is InChI=1S/C114H76B3N9O/c1-13-38-77(39-14-1)118(78-40-15-2-16-41-78)89-64-66-99-93(68-89)115-95-74-96-104(75-103(95)124(87-58-33-11-34-59-87)102-63-37-62-101(109(102)115)122(99)85-54-29-9-30-55-85)125(88-60-35-12-36-61-88)106-76-105-110-114-111(106)117(96)98-71-92(121(83-50-25-7-26-51-83)84-52-27-8-28-53-84)73-108-113(98)126(114)112-97(70-91(72-107(112)127-108)120(81-46-21-5-22-47-81)82-48-23-6-24-49-82)116(110)94-69-90(65-67-100(94)123(105)86-56-31-10-32-57-86)119(79-42-17-3-18-43-79)80-44-19-4-20-45-80/h1-76H/i29D,30D,31D,32D,33D,34D,35D,36D. The number of anilines is 27. The largest absolute Gasteiger partial charge is 0.453 e. The van der Waals surface area contributed by atoms with Crippen LogP contribution in [0.4, 0.5) is 154 Å². The van der Waals surface area contributed by atoms with Crippen LogP contribution in [0, 0.1) is 0 Å². The minimum atomic E-state index is -0.721. The fourth-order valence-electron chi connectivity index (χ4n) is 21.2. The van der Waals surface area contributed by atoms with Gasteiger partial charge in [0, 0.05) is 154 Å². The Balaban J connectivity index is 0.830. The molecule has 0 aliphatic carbocycles. The van der Waals surface area contributed by atoms with E-state index in [9.17, 15) is 11.0 Å². The molecule has 7 aliphatic heterocycles. The molecule has 0 saturated heterocycles. The van der Waals surface area contributed by atoms with Gasteiger partial charge in [0.05, 0.1) is 22.3 Å². The molecular formula is C114H76B3N9O. The van der Waals surface area contributed by atoms with Crippen molar-refractivity contribution in [2.45, 2.75) is 0 Å². The van der Waals surface area contributed by atoms with Gasteiger partial charge in [0.2, 0.25) is 0 Å². The second kappa shape index (κ2) is 29.0. The molecule has 0 radical (unpaired) electrons. The van der Waals surface area contributed by atoms with Crippen molar-refractivity contribution < 1.29 is 15.7 Å². The van der Waals surface area contributed by atoms with Gasteiger partial charge < -0.3 is 48.8 Å². The summed E-state index contributed by atoms with van der Waals surface area (Å²) in [4.78, 5) is 20.7. The van der Waals surface area contributed by atoms with E-state index in [0.717, 1.165) is 180 Å². The third-order valence-electron chi connectivity index (χ3n) is 26.0. The first-order chi connectivity index (χ1) is 66.2. The third kappa shape index (κ3) is 11.2. The average Bonchev–Trinajstić information content (AvgIpc) is 0.654. The minimum Gasteiger partial charge on any atom is -0.453 e. The lowest BCUT2D eigenvalue weighted by molar-refractivity contribution is 0.478. The summed E-state index contributed by atoms with van der Waals surface area (Å²) in [5.41, 5.74) is 30.5. The number of hydrogen-bond acceptors (Lipinski definition) is 10. The van der Waals surface area contributed by atoms with Crippen LogP contribution < -0.4 is 98.0 Å². The Labute approximate surface area is 750 Å². The molecular weight excluding hydrogens is 1540 g/mol. The smallest absolute Gasteiger partial charge is 0.252 e. The van der Waals surface area contributed by atoms with Gasteiger partial charge in [-0.05, 0) is 268 Å². The minimum absolute atomic E-state index is 0.129. The summed E-state index contributed by atoms with van der Waals surface area (Å²) in [6.45, 7) is -1.95. The molecule has 19 aromatic carbocycles. The lowest BCUT2D eigenvalue weighted by atomic mass is 9.27. The zero-order chi connectivity index (χ0) is 90.3. The normalized spacial score (nSPS) is 14.0. The van der Waals surface area contributed by atoms with Gasteiger partial charge in [-0.15, -0.1) is 0 Å². The monoisotopic (exact) mass is 1630 g/mol. The maximum atomic E-state index is 9.93. The van der Waals surface area contributed by atoms with Crippen LogP contribution in [-0.4, -0.2) is 20.1 Å². The van der Waals surface area contributed by atoms with Gasteiger partial charge in [-0.25, -0.2) is 0 Å². The molecule has 13 heteroatoms. The molecule has 19 aromatic rings. The molecule has 0 atom stereocenters. The van der Waals surface area contributed by atoms with Crippen LogP contribution in [0.2, 0.25) is 0 Å². The van der Waals surface area contributed by atoms with Crippen LogP contribution in [-0.2, 0) is 0 Å². The maximum absolute atomic E-state index is 9.93. The molecule has 127 heavy (non-hydrogen) atoms. The molecule has 0 amide bonds. The molecule has 10 nitrogen and oxygen atoms in total. The number of rotatable bonds is 16. The summed E-state index contributed by atoms with van der Waals surface area (Å²) in [5.74, 6) is 1.21. The summed E-state index contributed by atoms with van der Waals surface area (Å²) in [6.07, 6.45) is 0. The number of benzene rings is 19. The number of nitrogens with zero attached hydrogens (tertiary/aromatic N) is 9. The molecule has 7 aliphatic rings. The van der Waals surface area contributed by atoms with E-state index in [1.807, 2.05) is 97.1 Å². The van der Waals surface area contributed by atoms with Gasteiger partial charge in [0.15, 0.2) is 11.5 Å².